The molecule has 1 fully saturated rings. The summed E-state index contributed by atoms with van der Waals surface area (Å²) >= 11 is 0. The van der Waals surface area contributed by atoms with E-state index in [4.69, 9.17) is 0 Å². The molecule has 1 aliphatic carbocycles. The molecule has 4 heteroatoms. The minimum absolute atomic E-state index is 0.136. The average Bonchev–Trinajstić information content (AvgIpc) is 3.14. The van der Waals surface area contributed by atoms with Gasteiger partial charge >= 0.3 is 0 Å². The fraction of sp³-hybridized carbons (Fsp3) is 0.429. The molecule has 2 rings (SSSR count). The number of carbonyl (C=O) groups is 1. The lowest BCUT2D eigenvalue weighted by Gasteiger charge is -2.33. The molecule has 94 valence electrons. The first-order valence-electron chi connectivity index (χ1n) is 5.96. The van der Waals surface area contributed by atoms with E-state index in [1.807, 2.05) is 0 Å². The van der Waals surface area contributed by atoms with Gasteiger partial charge in [-0.3, -0.25) is 4.79 Å². The molecular formula is C14H15FN2O. The van der Waals surface area contributed by atoms with E-state index in [-0.39, 0.29) is 17.8 Å². The maximum Gasteiger partial charge on any atom is 0.255 e. The molecule has 0 aliphatic heterocycles. The van der Waals surface area contributed by atoms with E-state index in [1.165, 1.54) is 24.3 Å². The van der Waals surface area contributed by atoms with Gasteiger partial charge in [0.05, 0.1) is 6.07 Å². The Balaban J connectivity index is 2.30. The third-order valence-corrected chi connectivity index (χ3v) is 3.10. The van der Waals surface area contributed by atoms with Gasteiger partial charge in [-0.25, -0.2) is 4.39 Å². The summed E-state index contributed by atoms with van der Waals surface area (Å²) in [6, 6.07) is 7.73. The van der Waals surface area contributed by atoms with Gasteiger partial charge in [0.25, 0.3) is 5.91 Å². The summed E-state index contributed by atoms with van der Waals surface area (Å²) in [6.07, 6.45) is 1.86. The van der Waals surface area contributed by atoms with Crippen LogP contribution in [-0.2, 0) is 0 Å². The van der Waals surface area contributed by atoms with E-state index in [0.29, 0.717) is 5.56 Å². The van der Waals surface area contributed by atoms with Crippen LogP contribution in [0.3, 0.4) is 0 Å². The largest absolute Gasteiger partial charge is 0.317 e. The molecule has 1 aromatic rings. The van der Waals surface area contributed by atoms with Crippen LogP contribution in [0.5, 0.6) is 0 Å². The van der Waals surface area contributed by atoms with Crippen LogP contribution in [0.2, 0.25) is 0 Å². The molecule has 3 nitrogen and oxygen atoms in total. The molecule has 18 heavy (non-hydrogen) atoms. The Kier molecular flexibility index (Phi) is 3.08. The molecule has 0 atom stereocenters. The summed E-state index contributed by atoms with van der Waals surface area (Å²) < 4.78 is 12.8. The van der Waals surface area contributed by atoms with Gasteiger partial charge in [-0.1, -0.05) is 0 Å². The zero-order valence-corrected chi connectivity index (χ0v) is 10.5. The molecular weight excluding hydrogens is 231 g/mol. The molecule has 0 saturated heterocycles. The molecule has 1 aromatic carbocycles. The van der Waals surface area contributed by atoms with Crippen LogP contribution in [0.25, 0.3) is 0 Å². The summed E-state index contributed by atoms with van der Waals surface area (Å²) in [7, 11) is 0. The monoisotopic (exact) mass is 246 g/mol. The summed E-state index contributed by atoms with van der Waals surface area (Å²) in [6.45, 7) is 3.46. The van der Waals surface area contributed by atoms with E-state index in [1.54, 1.807) is 18.7 Å². The summed E-state index contributed by atoms with van der Waals surface area (Å²) in [4.78, 5) is 14.0. The average molecular weight is 246 g/mol. The predicted molar refractivity (Wildman–Crippen MR) is 65.3 cm³/mol. The highest BCUT2D eigenvalue weighted by molar-refractivity contribution is 5.95. The summed E-state index contributed by atoms with van der Waals surface area (Å²) in [5.41, 5.74) is -0.418. The standard InChI is InChI=1S/C14H15FN2O/c1-14(2,9-16)17(12-7-8-12)13(18)10-3-5-11(15)6-4-10/h3-6,12H,7-8H2,1-2H3. The third-order valence-electron chi connectivity index (χ3n) is 3.10. The van der Waals surface area contributed by atoms with Crippen molar-refractivity contribution in [1.29, 1.82) is 5.26 Å². The number of carbonyl (C=O) groups excluding carboxylic acids is 1. The van der Waals surface area contributed by atoms with Crippen molar-refractivity contribution in [2.75, 3.05) is 0 Å². The second-order valence-corrected chi connectivity index (χ2v) is 5.08. The van der Waals surface area contributed by atoms with Crippen molar-refractivity contribution < 1.29 is 9.18 Å². The highest BCUT2D eigenvalue weighted by Gasteiger charge is 2.42. The highest BCUT2D eigenvalue weighted by Crippen LogP contribution is 2.34. The zero-order chi connectivity index (χ0) is 13.3. The molecule has 0 spiro atoms. The van der Waals surface area contributed by atoms with Crippen molar-refractivity contribution >= 4 is 5.91 Å². The van der Waals surface area contributed by atoms with Crippen molar-refractivity contribution in [2.24, 2.45) is 0 Å². The van der Waals surface area contributed by atoms with Crippen molar-refractivity contribution in [3.63, 3.8) is 0 Å². The van der Waals surface area contributed by atoms with E-state index in [0.717, 1.165) is 12.8 Å². The van der Waals surface area contributed by atoms with Gasteiger partial charge in [-0.15, -0.1) is 0 Å². The van der Waals surface area contributed by atoms with Gasteiger partial charge in [0.15, 0.2) is 0 Å². The lowest BCUT2D eigenvalue weighted by atomic mass is 10.0. The number of rotatable bonds is 3. The number of hydrogen-bond donors (Lipinski definition) is 0. The van der Waals surface area contributed by atoms with E-state index in [2.05, 4.69) is 6.07 Å². The minimum atomic E-state index is -0.841. The van der Waals surface area contributed by atoms with E-state index in [9.17, 15) is 14.4 Å². The van der Waals surface area contributed by atoms with Gasteiger partial charge in [-0.2, -0.15) is 5.26 Å². The molecule has 0 N–H and O–H groups in total. The number of halogens is 1. The van der Waals surface area contributed by atoms with Crippen LogP contribution in [0.4, 0.5) is 4.39 Å². The van der Waals surface area contributed by atoms with Crippen LogP contribution in [0.1, 0.15) is 37.0 Å². The number of hydrogen-bond acceptors (Lipinski definition) is 2. The zero-order valence-electron chi connectivity index (χ0n) is 10.5. The van der Waals surface area contributed by atoms with Crippen molar-refractivity contribution in [3.05, 3.63) is 35.6 Å². The van der Waals surface area contributed by atoms with Crippen molar-refractivity contribution in [2.45, 2.75) is 38.3 Å². The Morgan fingerprint density at radius 2 is 1.94 bits per heavy atom. The Labute approximate surface area is 106 Å². The molecule has 0 radical (unpaired) electrons. The van der Waals surface area contributed by atoms with Crippen LogP contribution >= 0.6 is 0 Å². The molecule has 0 unspecified atom stereocenters. The number of benzene rings is 1. The number of amides is 1. The molecule has 0 aromatic heterocycles. The third kappa shape index (κ3) is 2.35. The van der Waals surface area contributed by atoms with Crippen molar-refractivity contribution in [1.82, 2.24) is 4.90 Å². The normalized spacial score (nSPS) is 15.0. The second-order valence-electron chi connectivity index (χ2n) is 5.08. The summed E-state index contributed by atoms with van der Waals surface area (Å²) in [5.74, 6) is -0.576. The fourth-order valence-electron chi connectivity index (χ4n) is 1.99. The van der Waals surface area contributed by atoms with Crippen LogP contribution in [0, 0.1) is 17.1 Å². The maximum absolute atomic E-state index is 12.8. The molecule has 0 heterocycles. The second kappa shape index (κ2) is 4.41. The first kappa shape index (κ1) is 12.6. The lowest BCUT2D eigenvalue weighted by molar-refractivity contribution is 0.0615. The Bertz CT molecular complexity index is 498. The number of nitrogens with zero attached hydrogens (tertiary/aromatic N) is 2. The lowest BCUT2D eigenvalue weighted by Crippen LogP contribution is -2.48. The van der Waals surface area contributed by atoms with Gasteiger partial charge in [0.1, 0.15) is 11.4 Å². The van der Waals surface area contributed by atoms with E-state index >= 15 is 0 Å². The van der Waals surface area contributed by atoms with Crippen LogP contribution in [0.15, 0.2) is 24.3 Å². The predicted octanol–water partition coefficient (Wildman–Crippen LogP) is 2.73. The van der Waals surface area contributed by atoms with Crippen LogP contribution in [-0.4, -0.2) is 22.4 Å². The van der Waals surface area contributed by atoms with Gasteiger partial charge in [0.2, 0.25) is 0 Å². The first-order chi connectivity index (χ1) is 8.45. The minimum Gasteiger partial charge on any atom is -0.317 e. The number of nitriles is 1. The molecule has 0 bridgehead atoms. The topological polar surface area (TPSA) is 44.1 Å². The Morgan fingerprint density at radius 3 is 2.39 bits per heavy atom. The fourth-order valence-corrected chi connectivity index (χ4v) is 1.99. The molecule has 1 saturated carbocycles. The smallest absolute Gasteiger partial charge is 0.255 e. The Hall–Kier alpha value is -1.89. The highest BCUT2D eigenvalue weighted by atomic mass is 19.1. The van der Waals surface area contributed by atoms with Gasteiger partial charge in [0, 0.05) is 11.6 Å². The van der Waals surface area contributed by atoms with Gasteiger partial charge in [-0.05, 0) is 51.0 Å². The van der Waals surface area contributed by atoms with Gasteiger partial charge < -0.3 is 4.90 Å². The Morgan fingerprint density at radius 1 is 1.39 bits per heavy atom. The van der Waals surface area contributed by atoms with Crippen molar-refractivity contribution in [3.8, 4) is 6.07 Å². The summed E-state index contributed by atoms with van der Waals surface area (Å²) in [5, 5.41) is 9.18. The van der Waals surface area contributed by atoms with E-state index < -0.39 is 5.54 Å². The molecule has 1 aliphatic rings. The maximum atomic E-state index is 12.8. The van der Waals surface area contributed by atoms with Crippen LogP contribution < -0.4 is 0 Å². The SMILES string of the molecule is CC(C)(C#N)N(C(=O)c1ccc(F)cc1)C1CC1. The molecule has 1 amide bonds. The first-order valence-corrected chi connectivity index (χ1v) is 5.96. The quantitative estimate of drug-likeness (QED) is 0.823.